The number of hydrogen-bond donors (Lipinski definition) is 2. The molecule has 2 saturated heterocycles. The molecule has 1 aromatic rings. The molecule has 0 saturated carbocycles. The first kappa shape index (κ1) is 20.6. The summed E-state index contributed by atoms with van der Waals surface area (Å²) in [4.78, 5) is 34.3. The Hall–Kier alpha value is -2.15. The van der Waals surface area contributed by atoms with E-state index in [0.29, 0.717) is 17.7 Å². The van der Waals surface area contributed by atoms with Crippen molar-refractivity contribution in [2.24, 2.45) is 0 Å². The number of carbonyl (C=O) groups excluding carboxylic acids is 2. The average Bonchev–Trinajstić information content (AvgIpc) is 2.72. The van der Waals surface area contributed by atoms with Crippen LogP contribution >= 0.6 is 0 Å². The molecule has 2 N–H and O–H groups in total. The molecule has 0 aromatic carbocycles. The molecule has 0 unspecified atom stereocenters. The molecular weight excluding hydrogens is 354 g/mol. The number of piperidine rings is 1. The molecule has 0 aliphatic carbocycles. The van der Waals surface area contributed by atoms with Gasteiger partial charge in [-0.05, 0) is 38.7 Å². The van der Waals surface area contributed by atoms with Gasteiger partial charge in [0.1, 0.15) is 5.82 Å². The third kappa shape index (κ3) is 5.01. The van der Waals surface area contributed by atoms with E-state index in [2.05, 4.69) is 34.4 Å². The third-order valence-electron chi connectivity index (χ3n) is 5.62. The van der Waals surface area contributed by atoms with Crippen LogP contribution in [-0.4, -0.2) is 60.5 Å². The van der Waals surface area contributed by atoms with Crippen molar-refractivity contribution in [3.8, 4) is 0 Å². The van der Waals surface area contributed by atoms with Crippen LogP contribution in [0, 0.1) is 0 Å². The van der Waals surface area contributed by atoms with E-state index in [1.165, 1.54) is 6.42 Å². The standard InChI is InChI=1S/C21H33N5O2/c1-3-4-8-19(27)24-17-14-18(21(28)26-11-6-5-7-16(26)2)20(23-15-17)25-12-9-22-10-13-25/h14-16,22H,3-13H2,1-2H3,(H,24,27)/t16-/m1/s1. The topological polar surface area (TPSA) is 77.6 Å². The van der Waals surface area contributed by atoms with Crippen LogP contribution < -0.4 is 15.5 Å². The number of hydrogen-bond acceptors (Lipinski definition) is 5. The minimum Gasteiger partial charge on any atom is -0.353 e. The summed E-state index contributed by atoms with van der Waals surface area (Å²) in [5.41, 5.74) is 1.21. The van der Waals surface area contributed by atoms with Crippen LogP contribution in [0.5, 0.6) is 0 Å². The summed E-state index contributed by atoms with van der Waals surface area (Å²) in [5, 5.41) is 6.25. The van der Waals surface area contributed by atoms with Crippen LogP contribution in [-0.2, 0) is 4.79 Å². The lowest BCUT2D eigenvalue weighted by molar-refractivity contribution is -0.116. The summed E-state index contributed by atoms with van der Waals surface area (Å²) in [6, 6.07) is 2.05. The molecule has 1 atom stereocenters. The van der Waals surface area contributed by atoms with Crippen molar-refractivity contribution in [1.82, 2.24) is 15.2 Å². The zero-order valence-electron chi connectivity index (χ0n) is 17.2. The van der Waals surface area contributed by atoms with E-state index in [1.54, 1.807) is 6.20 Å². The van der Waals surface area contributed by atoms with Crippen molar-refractivity contribution in [3.05, 3.63) is 17.8 Å². The molecule has 2 amide bonds. The van der Waals surface area contributed by atoms with Gasteiger partial charge in [0, 0.05) is 45.2 Å². The molecule has 2 fully saturated rings. The fourth-order valence-corrected chi connectivity index (χ4v) is 3.93. The number of pyridine rings is 1. The number of amides is 2. The Bertz CT molecular complexity index is 687. The van der Waals surface area contributed by atoms with Gasteiger partial charge in [-0.3, -0.25) is 9.59 Å². The summed E-state index contributed by atoms with van der Waals surface area (Å²) in [5.74, 6) is 0.733. The highest BCUT2D eigenvalue weighted by Gasteiger charge is 2.28. The highest BCUT2D eigenvalue weighted by Crippen LogP contribution is 2.27. The van der Waals surface area contributed by atoms with Gasteiger partial charge in [-0.1, -0.05) is 13.3 Å². The number of likely N-dealkylation sites (tertiary alicyclic amines) is 1. The lowest BCUT2D eigenvalue weighted by atomic mass is 10.0. The Kier molecular flexibility index (Phi) is 7.25. The molecule has 3 rings (SSSR count). The molecule has 1 aromatic heterocycles. The number of nitrogens with zero attached hydrogens (tertiary/aromatic N) is 3. The molecule has 2 aliphatic rings. The molecule has 7 nitrogen and oxygen atoms in total. The summed E-state index contributed by atoms with van der Waals surface area (Å²) < 4.78 is 0. The van der Waals surface area contributed by atoms with Crippen LogP contribution in [0.4, 0.5) is 11.5 Å². The van der Waals surface area contributed by atoms with Crippen LogP contribution in [0.2, 0.25) is 0 Å². The van der Waals surface area contributed by atoms with E-state index in [9.17, 15) is 9.59 Å². The summed E-state index contributed by atoms with van der Waals surface area (Å²) in [6.07, 6.45) is 7.25. The van der Waals surface area contributed by atoms with E-state index in [-0.39, 0.29) is 17.9 Å². The Morgan fingerprint density at radius 1 is 1.25 bits per heavy atom. The van der Waals surface area contributed by atoms with E-state index in [0.717, 1.165) is 64.2 Å². The van der Waals surface area contributed by atoms with Crippen LogP contribution in [0.25, 0.3) is 0 Å². The van der Waals surface area contributed by atoms with Gasteiger partial charge in [-0.2, -0.15) is 0 Å². The van der Waals surface area contributed by atoms with Crippen molar-refractivity contribution in [2.45, 2.75) is 58.4 Å². The molecular formula is C21H33N5O2. The highest BCUT2D eigenvalue weighted by atomic mass is 16.2. The lowest BCUT2D eigenvalue weighted by Gasteiger charge is -2.35. The number of carbonyl (C=O) groups is 2. The monoisotopic (exact) mass is 387 g/mol. The Morgan fingerprint density at radius 3 is 2.75 bits per heavy atom. The van der Waals surface area contributed by atoms with E-state index < -0.39 is 0 Å². The normalized spacial score (nSPS) is 20.1. The van der Waals surface area contributed by atoms with Crippen LogP contribution in [0.1, 0.15) is 62.7 Å². The maximum Gasteiger partial charge on any atom is 0.257 e. The fraction of sp³-hybridized carbons (Fsp3) is 0.667. The smallest absolute Gasteiger partial charge is 0.257 e. The SMILES string of the molecule is CCCCC(=O)Nc1cnc(N2CCNCC2)c(C(=O)N2CCCC[C@H]2C)c1. The second-order valence-corrected chi connectivity index (χ2v) is 7.83. The van der Waals surface area contributed by atoms with Gasteiger partial charge in [0.05, 0.1) is 17.4 Å². The first-order chi connectivity index (χ1) is 13.6. The van der Waals surface area contributed by atoms with Gasteiger partial charge < -0.3 is 20.4 Å². The van der Waals surface area contributed by atoms with Crippen LogP contribution in [0.3, 0.4) is 0 Å². The van der Waals surface area contributed by atoms with E-state index in [1.807, 2.05) is 11.0 Å². The van der Waals surface area contributed by atoms with Gasteiger partial charge in [0.25, 0.3) is 5.91 Å². The van der Waals surface area contributed by atoms with Gasteiger partial charge in [-0.25, -0.2) is 4.98 Å². The largest absolute Gasteiger partial charge is 0.353 e. The van der Waals surface area contributed by atoms with Crippen molar-refractivity contribution in [1.29, 1.82) is 0 Å². The molecule has 7 heteroatoms. The van der Waals surface area contributed by atoms with Crippen molar-refractivity contribution < 1.29 is 9.59 Å². The number of anilines is 2. The number of piperazine rings is 1. The quantitative estimate of drug-likeness (QED) is 0.785. The molecule has 3 heterocycles. The second kappa shape index (κ2) is 9.87. The van der Waals surface area contributed by atoms with Crippen molar-refractivity contribution >= 4 is 23.3 Å². The van der Waals surface area contributed by atoms with E-state index in [4.69, 9.17) is 0 Å². The second-order valence-electron chi connectivity index (χ2n) is 7.83. The zero-order chi connectivity index (χ0) is 19.9. The fourth-order valence-electron chi connectivity index (χ4n) is 3.93. The minimum absolute atomic E-state index is 0.0247. The lowest BCUT2D eigenvalue weighted by Crippen LogP contribution is -2.46. The van der Waals surface area contributed by atoms with Gasteiger partial charge in [0.15, 0.2) is 0 Å². The first-order valence-corrected chi connectivity index (χ1v) is 10.7. The first-order valence-electron chi connectivity index (χ1n) is 10.7. The van der Waals surface area contributed by atoms with Gasteiger partial charge in [-0.15, -0.1) is 0 Å². The number of aromatic nitrogens is 1. The molecule has 0 spiro atoms. The Morgan fingerprint density at radius 2 is 2.04 bits per heavy atom. The predicted octanol–water partition coefficient (Wildman–Crippen LogP) is 2.63. The number of unbranched alkanes of at least 4 members (excludes halogenated alkanes) is 1. The minimum atomic E-state index is -0.0247. The third-order valence-corrected chi connectivity index (χ3v) is 5.62. The molecule has 154 valence electrons. The van der Waals surface area contributed by atoms with E-state index >= 15 is 0 Å². The molecule has 0 bridgehead atoms. The van der Waals surface area contributed by atoms with Crippen LogP contribution in [0.15, 0.2) is 12.3 Å². The van der Waals surface area contributed by atoms with Gasteiger partial charge in [0.2, 0.25) is 5.91 Å². The van der Waals surface area contributed by atoms with Gasteiger partial charge >= 0.3 is 0 Å². The predicted molar refractivity (Wildman–Crippen MR) is 112 cm³/mol. The molecule has 0 radical (unpaired) electrons. The number of rotatable bonds is 6. The summed E-state index contributed by atoms with van der Waals surface area (Å²) in [6.45, 7) is 8.37. The molecule has 2 aliphatic heterocycles. The number of nitrogens with one attached hydrogen (secondary N) is 2. The maximum absolute atomic E-state index is 13.4. The highest BCUT2D eigenvalue weighted by molar-refractivity contribution is 6.01. The Balaban J connectivity index is 1.86. The Labute approximate surface area is 167 Å². The average molecular weight is 388 g/mol. The van der Waals surface area contributed by atoms with Crippen molar-refractivity contribution in [2.75, 3.05) is 42.9 Å². The zero-order valence-corrected chi connectivity index (χ0v) is 17.2. The molecule has 28 heavy (non-hydrogen) atoms. The summed E-state index contributed by atoms with van der Waals surface area (Å²) in [7, 11) is 0. The van der Waals surface area contributed by atoms with Crippen molar-refractivity contribution in [3.63, 3.8) is 0 Å². The maximum atomic E-state index is 13.4. The summed E-state index contributed by atoms with van der Waals surface area (Å²) >= 11 is 0.